The first kappa shape index (κ1) is 14.0. The van der Waals surface area contributed by atoms with Crippen molar-refractivity contribution in [3.63, 3.8) is 0 Å². The van der Waals surface area contributed by atoms with Crippen LogP contribution in [0.25, 0.3) is 0 Å². The Bertz CT molecular complexity index is 430. The Morgan fingerprint density at radius 3 is 2.79 bits per heavy atom. The molecule has 1 fully saturated rings. The molecule has 0 bridgehead atoms. The normalized spacial score (nSPS) is 18.0. The molecule has 4 heteroatoms. The summed E-state index contributed by atoms with van der Waals surface area (Å²) in [6.45, 7) is 2.08. The van der Waals surface area contributed by atoms with Crippen molar-refractivity contribution in [2.45, 2.75) is 51.5 Å². The van der Waals surface area contributed by atoms with Gasteiger partial charge in [-0.25, -0.2) is 4.98 Å². The van der Waals surface area contributed by atoms with Crippen molar-refractivity contribution in [2.24, 2.45) is 5.92 Å². The van der Waals surface area contributed by atoms with Crippen LogP contribution >= 0.6 is 0 Å². The van der Waals surface area contributed by atoms with Crippen LogP contribution in [0.1, 0.15) is 55.9 Å². The summed E-state index contributed by atoms with van der Waals surface area (Å²) in [5, 5.41) is 3.01. The summed E-state index contributed by atoms with van der Waals surface area (Å²) in [5.74, 6) is -0.327. The molecule has 2 rings (SSSR count). The van der Waals surface area contributed by atoms with Crippen LogP contribution in [-0.2, 0) is 0 Å². The summed E-state index contributed by atoms with van der Waals surface area (Å²) in [6, 6.07) is 4.48. The molecule has 0 aliphatic heterocycles. The maximum absolute atomic E-state index is 13.0. The van der Waals surface area contributed by atoms with Gasteiger partial charge < -0.3 is 5.32 Å². The fourth-order valence-corrected chi connectivity index (χ4v) is 2.87. The molecule has 0 spiro atoms. The molecule has 1 heterocycles. The minimum absolute atomic E-state index is 0.161. The largest absolute Gasteiger partial charge is 0.348 e. The van der Waals surface area contributed by atoms with Crippen molar-refractivity contribution >= 4 is 5.91 Å². The molecule has 1 aromatic rings. The predicted molar refractivity (Wildman–Crippen MR) is 72.3 cm³/mol. The average molecular weight is 264 g/mol. The molecule has 19 heavy (non-hydrogen) atoms. The minimum Gasteiger partial charge on any atom is -0.348 e. The van der Waals surface area contributed by atoms with E-state index in [2.05, 4.69) is 17.2 Å². The van der Waals surface area contributed by atoms with E-state index < -0.39 is 5.95 Å². The first-order valence-corrected chi connectivity index (χ1v) is 7.14. The quantitative estimate of drug-likeness (QED) is 0.848. The Labute approximate surface area is 113 Å². The Balaban J connectivity index is 1.99. The number of carbonyl (C=O) groups is 1. The number of nitrogens with one attached hydrogen (secondary N) is 1. The second-order valence-electron chi connectivity index (χ2n) is 5.23. The van der Waals surface area contributed by atoms with Crippen LogP contribution < -0.4 is 5.32 Å². The van der Waals surface area contributed by atoms with Crippen molar-refractivity contribution in [1.29, 1.82) is 0 Å². The SMILES string of the molecule is CCC(NC(=O)c1cccc(F)n1)C1CCCCC1. The molecule has 1 N–H and O–H groups in total. The van der Waals surface area contributed by atoms with Gasteiger partial charge in [0.25, 0.3) is 5.91 Å². The zero-order chi connectivity index (χ0) is 13.7. The molecular weight excluding hydrogens is 243 g/mol. The summed E-state index contributed by atoms with van der Waals surface area (Å²) < 4.78 is 13.0. The second-order valence-corrected chi connectivity index (χ2v) is 5.23. The van der Waals surface area contributed by atoms with Gasteiger partial charge in [-0.05, 0) is 37.3 Å². The maximum Gasteiger partial charge on any atom is 0.270 e. The van der Waals surface area contributed by atoms with Crippen molar-refractivity contribution in [3.05, 3.63) is 29.8 Å². The molecule has 1 aliphatic rings. The Hall–Kier alpha value is -1.45. The number of nitrogens with zero attached hydrogens (tertiary/aromatic N) is 1. The summed E-state index contributed by atoms with van der Waals surface area (Å²) >= 11 is 0. The molecular formula is C15H21FN2O. The molecule has 1 unspecified atom stereocenters. The fraction of sp³-hybridized carbons (Fsp3) is 0.600. The lowest BCUT2D eigenvalue weighted by Crippen LogP contribution is -2.41. The van der Waals surface area contributed by atoms with E-state index in [1.54, 1.807) is 6.07 Å². The zero-order valence-electron chi connectivity index (χ0n) is 11.4. The Morgan fingerprint density at radius 1 is 1.42 bits per heavy atom. The maximum atomic E-state index is 13.0. The van der Waals surface area contributed by atoms with Gasteiger partial charge in [0.05, 0.1) is 0 Å². The van der Waals surface area contributed by atoms with E-state index in [0.717, 1.165) is 6.42 Å². The van der Waals surface area contributed by atoms with E-state index >= 15 is 0 Å². The highest BCUT2D eigenvalue weighted by molar-refractivity contribution is 5.92. The van der Waals surface area contributed by atoms with E-state index in [4.69, 9.17) is 0 Å². The molecule has 1 aliphatic carbocycles. The van der Waals surface area contributed by atoms with E-state index in [1.807, 2.05) is 0 Å². The van der Waals surface area contributed by atoms with Crippen LogP contribution in [0.15, 0.2) is 18.2 Å². The van der Waals surface area contributed by atoms with Gasteiger partial charge in [0.2, 0.25) is 5.95 Å². The molecule has 1 amide bonds. The van der Waals surface area contributed by atoms with E-state index in [1.165, 1.54) is 44.2 Å². The number of pyridine rings is 1. The van der Waals surface area contributed by atoms with Crippen molar-refractivity contribution < 1.29 is 9.18 Å². The highest BCUT2D eigenvalue weighted by Crippen LogP contribution is 2.27. The lowest BCUT2D eigenvalue weighted by atomic mass is 9.83. The standard InChI is InChI=1S/C15H21FN2O/c1-2-12(11-7-4-3-5-8-11)18-15(19)13-9-6-10-14(16)17-13/h6,9-12H,2-5,7-8H2,1H3,(H,18,19). The lowest BCUT2D eigenvalue weighted by Gasteiger charge is -2.30. The van der Waals surface area contributed by atoms with Gasteiger partial charge in [-0.1, -0.05) is 32.3 Å². The van der Waals surface area contributed by atoms with Gasteiger partial charge >= 0.3 is 0 Å². The number of hydrogen-bond acceptors (Lipinski definition) is 2. The van der Waals surface area contributed by atoms with Crippen LogP contribution in [0, 0.1) is 11.9 Å². The minimum atomic E-state index is -0.613. The third kappa shape index (κ3) is 3.75. The number of amides is 1. The van der Waals surface area contributed by atoms with Gasteiger partial charge in [-0.3, -0.25) is 4.79 Å². The van der Waals surface area contributed by atoms with E-state index in [9.17, 15) is 9.18 Å². The molecule has 1 atom stereocenters. The van der Waals surface area contributed by atoms with Gasteiger partial charge in [-0.15, -0.1) is 0 Å². The van der Waals surface area contributed by atoms with Gasteiger partial charge in [0.1, 0.15) is 5.69 Å². The monoisotopic (exact) mass is 264 g/mol. The highest BCUT2D eigenvalue weighted by Gasteiger charge is 2.24. The Morgan fingerprint density at radius 2 is 2.16 bits per heavy atom. The fourth-order valence-electron chi connectivity index (χ4n) is 2.87. The number of aromatic nitrogens is 1. The van der Waals surface area contributed by atoms with Crippen LogP contribution in [0.5, 0.6) is 0 Å². The van der Waals surface area contributed by atoms with Crippen LogP contribution in [0.2, 0.25) is 0 Å². The topological polar surface area (TPSA) is 42.0 Å². The first-order valence-electron chi connectivity index (χ1n) is 7.14. The Kier molecular flexibility index (Phi) is 4.88. The van der Waals surface area contributed by atoms with Crippen molar-refractivity contribution in [3.8, 4) is 0 Å². The van der Waals surface area contributed by atoms with Gasteiger partial charge in [0.15, 0.2) is 0 Å². The van der Waals surface area contributed by atoms with Crippen molar-refractivity contribution in [1.82, 2.24) is 10.3 Å². The number of halogens is 1. The number of carbonyl (C=O) groups excluding carboxylic acids is 1. The molecule has 0 aromatic carbocycles. The molecule has 1 aromatic heterocycles. The van der Waals surface area contributed by atoms with Gasteiger partial charge in [-0.2, -0.15) is 4.39 Å². The molecule has 104 valence electrons. The number of hydrogen-bond donors (Lipinski definition) is 1. The predicted octanol–water partition coefficient (Wildman–Crippen LogP) is 3.31. The van der Waals surface area contributed by atoms with Crippen LogP contribution in [0.3, 0.4) is 0 Å². The molecule has 3 nitrogen and oxygen atoms in total. The number of rotatable bonds is 4. The van der Waals surface area contributed by atoms with Crippen LogP contribution in [-0.4, -0.2) is 16.9 Å². The zero-order valence-corrected chi connectivity index (χ0v) is 11.4. The smallest absolute Gasteiger partial charge is 0.270 e. The highest BCUT2D eigenvalue weighted by atomic mass is 19.1. The van der Waals surface area contributed by atoms with Gasteiger partial charge in [0, 0.05) is 6.04 Å². The first-order chi connectivity index (χ1) is 9.20. The lowest BCUT2D eigenvalue weighted by molar-refractivity contribution is 0.0905. The summed E-state index contributed by atoms with van der Waals surface area (Å²) in [7, 11) is 0. The molecule has 0 radical (unpaired) electrons. The average Bonchev–Trinajstić information content (AvgIpc) is 2.45. The summed E-state index contributed by atoms with van der Waals surface area (Å²) in [6.07, 6.45) is 7.05. The van der Waals surface area contributed by atoms with E-state index in [-0.39, 0.29) is 17.6 Å². The summed E-state index contributed by atoms with van der Waals surface area (Å²) in [4.78, 5) is 15.7. The van der Waals surface area contributed by atoms with E-state index in [0.29, 0.717) is 5.92 Å². The second kappa shape index (κ2) is 6.64. The van der Waals surface area contributed by atoms with Crippen molar-refractivity contribution in [2.75, 3.05) is 0 Å². The third-order valence-corrected chi connectivity index (χ3v) is 3.92. The summed E-state index contributed by atoms with van der Waals surface area (Å²) in [5.41, 5.74) is 0.161. The third-order valence-electron chi connectivity index (χ3n) is 3.92. The molecule has 0 saturated heterocycles. The van der Waals surface area contributed by atoms with Crippen LogP contribution in [0.4, 0.5) is 4.39 Å². The molecule has 1 saturated carbocycles.